The second-order valence-corrected chi connectivity index (χ2v) is 9.83. The lowest BCUT2D eigenvalue weighted by Crippen LogP contribution is -2.36. The molecule has 2 N–H and O–H groups in total. The average Bonchev–Trinajstić information content (AvgIpc) is 3.60. The van der Waals surface area contributed by atoms with Crippen molar-refractivity contribution in [1.82, 2.24) is 19.7 Å². The van der Waals surface area contributed by atoms with Crippen molar-refractivity contribution in [3.05, 3.63) is 48.2 Å². The fourth-order valence-electron chi connectivity index (χ4n) is 5.14. The van der Waals surface area contributed by atoms with Gasteiger partial charge in [-0.2, -0.15) is 5.10 Å². The number of amides is 2. The molecule has 2 saturated heterocycles. The van der Waals surface area contributed by atoms with Crippen molar-refractivity contribution < 1.29 is 14.6 Å². The molecule has 2 fully saturated rings. The number of nitrogens with zero attached hydrogens (tertiary/aromatic N) is 5. The first kappa shape index (κ1) is 25.2. The first-order chi connectivity index (χ1) is 18.1. The van der Waals surface area contributed by atoms with Crippen LogP contribution in [0.2, 0.25) is 0 Å². The van der Waals surface area contributed by atoms with E-state index in [0.29, 0.717) is 25.7 Å². The number of aryl methyl sites for hydroxylation is 1. The van der Waals surface area contributed by atoms with Crippen molar-refractivity contribution in [2.75, 3.05) is 56.2 Å². The van der Waals surface area contributed by atoms with Gasteiger partial charge in [0.15, 0.2) is 0 Å². The van der Waals surface area contributed by atoms with Gasteiger partial charge in [0.05, 0.1) is 37.8 Å². The Balaban J connectivity index is 1.49. The van der Waals surface area contributed by atoms with Gasteiger partial charge in [0, 0.05) is 38.1 Å². The van der Waals surface area contributed by atoms with Gasteiger partial charge >= 0.3 is 6.03 Å². The molecule has 1 aromatic carbocycles. The largest absolute Gasteiger partial charge is 0.394 e. The highest BCUT2D eigenvalue weighted by Gasteiger charge is 2.25. The van der Waals surface area contributed by atoms with Crippen molar-refractivity contribution in [3.8, 4) is 22.5 Å². The van der Waals surface area contributed by atoms with Crippen LogP contribution in [-0.2, 0) is 11.3 Å². The molecule has 0 saturated carbocycles. The summed E-state index contributed by atoms with van der Waals surface area (Å²) in [4.78, 5) is 22.1. The average molecular weight is 505 g/mol. The van der Waals surface area contributed by atoms with Crippen LogP contribution in [0.1, 0.15) is 25.3 Å². The number of pyridine rings is 1. The van der Waals surface area contributed by atoms with E-state index in [9.17, 15) is 9.90 Å². The Morgan fingerprint density at radius 1 is 1.16 bits per heavy atom. The Kier molecular flexibility index (Phi) is 7.71. The smallest absolute Gasteiger partial charge is 0.321 e. The molecule has 2 amide bonds. The van der Waals surface area contributed by atoms with Gasteiger partial charge in [-0.25, -0.2) is 9.78 Å². The van der Waals surface area contributed by atoms with Crippen LogP contribution in [0, 0.1) is 12.8 Å². The highest BCUT2D eigenvalue weighted by Crippen LogP contribution is 2.33. The van der Waals surface area contributed by atoms with E-state index in [1.165, 1.54) is 0 Å². The van der Waals surface area contributed by atoms with E-state index in [-0.39, 0.29) is 12.6 Å². The maximum Gasteiger partial charge on any atom is 0.321 e. The number of benzene rings is 1. The lowest BCUT2D eigenvalue weighted by Gasteiger charge is -2.28. The number of hydrogen-bond acceptors (Lipinski definition) is 6. The molecule has 0 bridgehead atoms. The summed E-state index contributed by atoms with van der Waals surface area (Å²) in [6, 6.07) is 12.1. The summed E-state index contributed by atoms with van der Waals surface area (Å²) in [6.07, 6.45) is 3.90. The van der Waals surface area contributed by atoms with Gasteiger partial charge in [-0.3, -0.25) is 4.68 Å². The van der Waals surface area contributed by atoms with Crippen LogP contribution in [0.4, 0.5) is 16.3 Å². The molecule has 5 rings (SSSR count). The van der Waals surface area contributed by atoms with Gasteiger partial charge < -0.3 is 25.0 Å². The Hall–Kier alpha value is -3.43. The monoisotopic (exact) mass is 504 g/mol. The van der Waals surface area contributed by atoms with E-state index in [0.717, 1.165) is 78.6 Å². The van der Waals surface area contributed by atoms with Gasteiger partial charge in [-0.1, -0.05) is 19.4 Å². The second kappa shape index (κ2) is 11.3. The summed E-state index contributed by atoms with van der Waals surface area (Å²) in [5, 5.41) is 17.0. The fraction of sp³-hybridized carbons (Fsp3) is 0.464. The number of carbonyl (C=O) groups excluding carboxylic acids is 1. The molecule has 196 valence electrons. The molecule has 0 spiro atoms. The third-order valence-electron chi connectivity index (χ3n) is 7.39. The summed E-state index contributed by atoms with van der Waals surface area (Å²) in [5.41, 5.74) is 5.59. The summed E-state index contributed by atoms with van der Waals surface area (Å²) in [6.45, 7) is 9.17. The molecule has 0 unspecified atom stereocenters. The molecule has 37 heavy (non-hydrogen) atoms. The first-order valence-corrected chi connectivity index (χ1v) is 13.2. The zero-order valence-corrected chi connectivity index (χ0v) is 21.7. The normalized spacial score (nSPS) is 17.9. The number of morpholine rings is 1. The highest BCUT2D eigenvalue weighted by molar-refractivity contribution is 5.91. The third kappa shape index (κ3) is 5.62. The topological polar surface area (TPSA) is 95.8 Å². The third-order valence-corrected chi connectivity index (χ3v) is 7.39. The van der Waals surface area contributed by atoms with Crippen LogP contribution in [0.5, 0.6) is 0 Å². The summed E-state index contributed by atoms with van der Waals surface area (Å²) >= 11 is 0. The van der Waals surface area contributed by atoms with Crippen LogP contribution < -0.4 is 10.2 Å². The predicted octanol–water partition coefficient (Wildman–Crippen LogP) is 4.01. The number of ether oxygens (including phenoxy) is 1. The van der Waals surface area contributed by atoms with Crippen molar-refractivity contribution in [1.29, 1.82) is 0 Å². The molecule has 9 heteroatoms. The molecule has 0 aliphatic carbocycles. The fourth-order valence-corrected chi connectivity index (χ4v) is 5.14. The van der Waals surface area contributed by atoms with E-state index in [1.807, 2.05) is 29.2 Å². The van der Waals surface area contributed by atoms with Crippen molar-refractivity contribution in [2.45, 2.75) is 33.2 Å². The van der Waals surface area contributed by atoms with Crippen molar-refractivity contribution in [3.63, 3.8) is 0 Å². The Morgan fingerprint density at radius 3 is 2.76 bits per heavy atom. The number of carbonyl (C=O) groups is 1. The molecular weight excluding hydrogens is 468 g/mol. The number of aromatic nitrogens is 3. The minimum Gasteiger partial charge on any atom is -0.394 e. The standard InChI is InChI=1S/C28H36N6O3/c1-3-21-7-9-33(19-21)28(36)30-23-5-4-20(2)24(18-23)22-16-25(26-6-8-29-34(26)10-13-35)31-27(17-22)32-11-14-37-15-12-32/h4-6,8,16-18,21,35H,3,7,9-15,19H2,1-2H3,(H,30,36)/t21-/m1/s1. The molecule has 4 heterocycles. The number of anilines is 2. The number of aliphatic hydroxyl groups is 1. The van der Waals surface area contributed by atoms with Gasteiger partial charge in [-0.05, 0) is 66.3 Å². The highest BCUT2D eigenvalue weighted by atomic mass is 16.5. The summed E-state index contributed by atoms with van der Waals surface area (Å²) < 4.78 is 7.34. The zero-order chi connectivity index (χ0) is 25.8. The quantitative estimate of drug-likeness (QED) is 0.505. The van der Waals surface area contributed by atoms with E-state index >= 15 is 0 Å². The van der Waals surface area contributed by atoms with Crippen LogP contribution >= 0.6 is 0 Å². The van der Waals surface area contributed by atoms with Crippen LogP contribution in [0.15, 0.2) is 42.6 Å². The SMILES string of the molecule is CC[C@@H]1CCN(C(=O)Nc2ccc(C)c(-c3cc(-c4ccnn4CCO)nc(N4CCOCC4)c3)c2)C1. The number of rotatable bonds is 7. The molecule has 2 aliphatic rings. The van der Waals surface area contributed by atoms with Gasteiger partial charge in [0.2, 0.25) is 0 Å². The number of hydrogen-bond donors (Lipinski definition) is 2. The van der Waals surface area contributed by atoms with E-state index < -0.39 is 0 Å². The molecule has 1 atom stereocenters. The van der Waals surface area contributed by atoms with Crippen LogP contribution in [0.3, 0.4) is 0 Å². The molecule has 9 nitrogen and oxygen atoms in total. The number of urea groups is 1. The van der Waals surface area contributed by atoms with Crippen molar-refractivity contribution in [2.24, 2.45) is 5.92 Å². The maximum absolute atomic E-state index is 12.9. The van der Waals surface area contributed by atoms with Gasteiger partial charge in [0.1, 0.15) is 5.82 Å². The van der Waals surface area contributed by atoms with Crippen molar-refractivity contribution >= 4 is 17.5 Å². The zero-order valence-electron chi connectivity index (χ0n) is 21.7. The molecular formula is C28H36N6O3. The molecule has 3 aromatic rings. The lowest BCUT2D eigenvalue weighted by molar-refractivity contribution is 0.122. The minimum absolute atomic E-state index is 0.00155. The number of nitrogens with one attached hydrogen (secondary N) is 1. The first-order valence-electron chi connectivity index (χ1n) is 13.2. The Bertz CT molecular complexity index is 1240. The van der Waals surface area contributed by atoms with Gasteiger partial charge in [0.25, 0.3) is 0 Å². The number of likely N-dealkylation sites (tertiary alicyclic amines) is 1. The minimum atomic E-state index is -0.0388. The molecule has 2 aromatic heterocycles. The molecule has 2 aliphatic heterocycles. The summed E-state index contributed by atoms with van der Waals surface area (Å²) in [5.74, 6) is 1.47. The Labute approximate surface area is 218 Å². The molecule has 0 radical (unpaired) electrons. The van der Waals surface area contributed by atoms with E-state index in [4.69, 9.17) is 9.72 Å². The van der Waals surface area contributed by atoms with E-state index in [1.54, 1.807) is 10.9 Å². The number of aliphatic hydroxyl groups excluding tert-OH is 1. The predicted molar refractivity (Wildman–Crippen MR) is 145 cm³/mol. The van der Waals surface area contributed by atoms with Crippen LogP contribution in [-0.4, -0.2) is 76.8 Å². The van der Waals surface area contributed by atoms with Crippen LogP contribution in [0.25, 0.3) is 22.5 Å². The Morgan fingerprint density at radius 2 is 2.00 bits per heavy atom. The van der Waals surface area contributed by atoms with Gasteiger partial charge in [-0.15, -0.1) is 0 Å². The maximum atomic E-state index is 12.9. The lowest BCUT2D eigenvalue weighted by atomic mass is 9.99. The summed E-state index contributed by atoms with van der Waals surface area (Å²) in [7, 11) is 0. The second-order valence-electron chi connectivity index (χ2n) is 9.83. The van der Waals surface area contributed by atoms with E-state index in [2.05, 4.69) is 41.3 Å².